The second-order valence-corrected chi connectivity index (χ2v) is 10.4. The number of amides is 1. The number of benzene rings is 1. The van der Waals surface area contributed by atoms with E-state index in [1.807, 2.05) is 23.1 Å². The highest BCUT2D eigenvalue weighted by Crippen LogP contribution is 2.41. The number of hydrogen-bond donors (Lipinski definition) is 0. The number of likely N-dealkylation sites (tertiary alicyclic amines) is 1. The number of carbonyl (C=O) groups is 1. The molecule has 1 aromatic carbocycles. The molecule has 1 unspecified atom stereocenters. The lowest BCUT2D eigenvalue weighted by Crippen LogP contribution is -2.29. The maximum Gasteiger partial charge on any atom is 0.259 e. The predicted octanol–water partition coefficient (Wildman–Crippen LogP) is 5.33. The molecule has 1 saturated heterocycles. The Kier molecular flexibility index (Phi) is 5.19. The highest BCUT2D eigenvalue weighted by molar-refractivity contribution is 6.06. The summed E-state index contributed by atoms with van der Waals surface area (Å²) >= 11 is 0. The Morgan fingerprint density at radius 3 is 2.56 bits per heavy atom. The monoisotopic (exact) mass is 433 g/mol. The van der Waals surface area contributed by atoms with E-state index < -0.39 is 0 Å². The summed E-state index contributed by atoms with van der Waals surface area (Å²) in [6.07, 6.45) is 3.94. The van der Waals surface area contributed by atoms with Gasteiger partial charge in [0.25, 0.3) is 11.6 Å². The first kappa shape index (κ1) is 21.0. The molecule has 32 heavy (non-hydrogen) atoms. The smallest absolute Gasteiger partial charge is 0.259 e. The summed E-state index contributed by atoms with van der Waals surface area (Å²) in [6, 6.07) is 10.2. The molecule has 0 bridgehead atoms. The molecule has 6 heteroatoms. The third-order valence-electron chi connectivity index (χ3n) is 6.52. The summed E-state index contributed by atoms with van der Waals surface area (Å²) in [5.41, 5.74) is 4.28. The number of nitrogens with zero attached hydrogens (tertiary/aromatic N) is 3. The molecule has 2 aromatic heterocycles. The quantitative estimate of drug-likeness (QED) is 0.544. The number of hydrogen-bond acceptors (Lipinski definition) is 5. The molecule has 0 N–H and O–H groups in total. The Labute approximate surface area is 188 Å². The van der Waals surface area contributed by atoms with Crippen molar-refractivity contribution < 1.29 is 14.1 Å². The van der Waals surface area contributed by atoms with Crippen LogP contribution in [-0.2, 0) is 6.42 Å². The van der Waals surface area contributed by atoms with E-state index in [1.54, 1.807) is 7.11 Å². The highest BCUT2D eigenvalue weighted by Gasteiger charge is 2.33. The van der Waals surface area contributed by atoms with Gasteiger partial charge in [0.15, 0.2) is 0 Å². The Balaban J connectivity index is 1.46. The van der Waals surface area contributed by atoms with Gasteiger partial charge in [0, 0.05) is 30.6 Å². The van der Waals surface area contributed by atoms with Crippen LogP contribution in [0.4, 0.5) is 0 Å². The second-order valence-electron chi connectivity index (χ2n) is 10.4. The van der Waals surface area contributed by atoms with Crippen LogP contribution in [0.3, 0.4) is 0 Å². The highest BCUT2D eigenvalue weighted by atomic mass is 16.5. The molecule has 2 aliphatic rings. The SMILES string of the molecule is COc1ccc(C2CCN(C(=O)c3cc(C4CC4)nc4onc(CC(C)(C)C)c34)C2)cc1. The van der Waals surface area contributed by atoms with Crippen molar-refractivity contribution in [2.75, 3.05) is 20.2 Å². The lowest BCUT2D eigenvalue weighted by atomic mass is 9.89. The number of carbonyl (C=O) groups excluding carboxylic acids is 1. The normalized spacial score (nSPS) is 19.0. The number of pyridine rings is 1. The minimum absolute atomic E-state index is 0.0341. The van der Waals surface area contributed by atoms with Gasteiger partial charge in [-0.1, -0.05) is 38.1 Å². The summed E-state index contributed by atoms with van der Waals surface area (Å²) < 4.78 is 10.9. The Morgan fingerprint density at radius 2 is 1.91 bits per heavy atom. The first-order valence-electron chi connectivity index (χ1n) is 11.5. The number of fused-ring (bicyclic) bond motifs is 1. The van der Waals surface area contributed by atoms with Crippen LogP contribution in [0.5, 0.6) is 5.75 Å². The van der Waals surface area contributed by atoms with Crippen LogP contribution in [-0.4, -0.2) is 41.1 Å². The van der Waals surface area contributed by atoms with Crippen LogP contribution in [0.1, 0.15) is 79.2 Å². The van der Waals surface area contributed by atoms with E-state index in [2.05, 4.69) is 38.1 Å². The molecule has 1 amide bonds. The van der Waals surface area contributed by atoms with E-state index in [4.69, 9.17) is 14.2 Å². The second kappa shape index (κ2) is 7.91. The molecule has 0 radical (unpaired) electrons. The summed E-state index contributed by atoms with van der Waals surface area (Å²) in [5.74, 6) is 1.69. The van der Waals surface area contributed by atoms with E-state index in [0.29, 0.717) is 29.7 Å². The Hall–Kier alpha value is -2.89. The molecular weight excluding hydrogens is 402 g/mol. The zero-order chi connectivity index (χ0) is 22.5. The van der Waals surface area contributed by atoms with Gasteiger partial charge < -0.3 is 14.2 Å². The van der Waals surface area contributed by atoms with Crippen molar-refractivity contribution in [2.45, 2.75) is 58.3 Å². The van der Waals surface area contributed by atoms with Gasteiger partial charge in [0.2, 0.25) is 0 Å². The van der Waals surface area contributed by atoms with E-state index >= 15 is 0 Å². The molecule has 1 saturated carbocycles. The van der Waals surface area contributed by atoms with E-state index in [9.17, 15) is 4.79 Å². The van der Waals surface area contributed by atoms with Crippen LogP contribution in [0.2, 0.25) is 0 Å². The Morgan fingerprint density at radius 1 is 1.16 bits per heavy atom. The minimum Gasteiger partial charge on any atom is -0.497 e. The maximum atomic E-state index is 13.8. The summed E-state index contributed by atoms with van der Waals surface area (Å²) in [4.78, 5) is 20.5. The molecule has 6 nitrogen and oxygen atoms in total. The van der Waals surface area contributed by atoms with Crippen molar-refractivity contribution in [2.24, 2.45) is 5.41 Å². The molecule has 1 atom stereocenters. The molecule has 1 aliphatic carbocycles. The zero-order valence-corrected chi connectivity index (χ0v) is 19.4. The lowest BCUT2D eigenvalue weighted by Gasteiger charge is -2.19. The average molecular weight is 434 g/mol. The number of aromatic nitrogens is 2. The first-order valence-corrected chi connectivity index (χ1v) is 11.5. The molecule has 1 aliphatic heterocycles. The van der Waals surface area contributed by atoms with Gasteiger partial charge in [-0.3, -0.25) is 4.79 Å². The predicted molar refractivity (Wildman–Crippen MR) is 123 cm³/mol. The van der Waals surface area contributed by atoms with Crippen LogP contribution in [0.15, 0.2) is 34.9 Å². The van der Waals surface area contributed by atoms with Gasteiger partial charge in [0.05, 0.1) is 23.8 Å². The molecule has 2 fully saturated rings. The lowest BCUT2D eigenvalue weighted by molar-refractivity contribution is 0.0792. The fraction of sp³-hybridized carbons (Fsp3) is 0.500. The van der Waals surface area contributed by atoms with E-state index in [-0.39, 0.29) is 11.3 Å². The van der Waals surface area contributed by atoms with Crippen molar-refractivity contribution in [1.82, 2.24) is 15.0 Å². The zero-order valence-electron chi connectivity index (χ0n) is 19.4. The van der Waals surface area contributed by atoms with Crippen molar-refractivity contribution in [3.8, 4) is 5.75 Å². The molecule has 3 heterocycles. The van der Waals surface area contributed by atoms with Crippen LogP contribution in [0.25, 0.3) is 11.1 Å². The number of rotatable bonds is 5. The average Bonchev–Trinajstić information content (AvgIpc) is 3.38. The molecule has 0 spiro atoms. The van der Waals surface area contributed by atoms with Gasteiger partial charge >= 0.3 is 0 Å². The van der Waals surface area contributed by atoms with Crippen molar-refractivity contribution in [3.05, 3.63) is 52.8 Å². The molecular formula is C26H31N3O3. The largest absolute Gasteiger partial charge is 0.497 e. The fourth-order valence-electron chi connectivity index (χ4n) is 4.67. The standard InChI is InChI=1S/C26H31N3O3/c1-26(2,3)14-22-23-20(13-21(17-5-6-17)27-24(23)32-28-22)25(30)29-12-11-18(15-29)16-7-9-19(31-4)10-8-16/h7-10,13,17-18H,5-6,11-12,14-15H2,1-4H3. The van der Waals surface area contributed by atoms with Gasteiger partial charge in [-0.15, -0.1) is 0 Å². The topological polar surface area (TPSA) is 68.5 Å². The van der Waals surface area contributed by atoms with Crippen LogP contribution in [0, 0.1) is 5.41 Å². The Bertz CT molecular complexity index is 1140. The molecule has 3 aromatic rings. The first-order chi connectivity index (χ1) is 15.3. The summed E-state index contributed by atoms with van der Waals surface area (Å²) in [5, 5.41) is 5.12. The fourth-order valence-corrected chi connectivity index (χ4v) is 4.67. The molecule has 5 rings (SSSR count). The van der Waals surface area contributed by atoms with Gasteiger partial charge in [-0.2, -0.15) is 0 Å². The van der Waals surface area contributed by atoms with Crippen molar-refractivity contribution in [3.63, 3.8) is 0 Å². The van der Waals surface area contributed by atoms with Gasteiger partial charge in [0.1, 0.15) is 5.75 Å². The number of ether oxygens (including phenoxy) is 1. The molecule has 168 valence electrons. The van der Waals surface area contributed by atoms with Gasteiger partial charge in [-0.25, -0.2) is 4.98 Å². The van der Waals surface area contributed by atoms with Crippen LogP contribution < -0.4 is 4.74 Å². The van der Waals surface area contributed by atoms with Crippen LogP contribution >= 0.6 is 0 Å². The summed E-state index contributed by atoms with van der Waals surface area (Å²) in [7, 11) is 1.68. The van der Waals surface area contributed by atoms with E-state index in [1.165, 1.54) is 5.56 Å². The summed E-state index contributed by atoms with van der Waals surface area (Å²) in [6.45, 7) is 7.97. The third-order valence-corrected chi connectivity index (χ3v) is 6.52. The van der Waals surface area contributed by atoms with Gasteiger partial charge in [-0.05, 0) is 54.9 Å². The maximum absolute atomic E-state index is 13.8. The van der Waals surface area contributed by atoms with Crippen molar-refractivity contribution >= 4 is 17.0 Å². The number of methoxy groups -OCH3 is 1. The third kappa shape index (κ3) is 4.10. The minimum atomic E-state index is 0.0341. The van der Waals surface area contributed by atoms with E-state index in [0.717, 1.165) is 54.8 Å². The van der Waals surface area contributed by atoms with Crippen molar-refractivity contribution in [1.29, 1.82) is 0 Å².